The van der Waals surface area contributed by atoms with Crippen LogP contribution in [0.25, 0.3) is 0 Å². The number of alkyl carbamates (subject to hydrolysis) is 1. The molecule has 3 N–H and O–H groups in total. The van der Waals surface area contributed by atoms with Crippen LogP contribution in [0.4, 0.5) is 10.5 Å². The summed E-state index contributed by atoms with van der Waals surface area (Å²) in [5, 5.41) is 14.0. The molecule has 0 radical (unpaired) electrons. The molecular weight excluding hydrogens is 490 g/mol. The van der Waals surface area contributed by atoms with Crippen molar-refractivity contribution in [1.29, 1.82) is 0 Å². The van der Waals surface area contributed by atoms with Crippen LogP contribution in [0.3, 0.4) is 0 Å². The predicted octanol–water partition coefficient (Wildman–Crippen LogP) is 4.20. The summed E-state index contributed by atoms with van der Waals surface area (Å²) in [6.07, 6.45) is -1.59. The van der Waals surface area contributed by atoms with Gasteiger partial charge in [-0.15, -0.1) is 0 Å². The molecule has 0 aliphatic rings. The molecule has 3 aromatic rings. The molecule has 9 heteroatoms. The Morgan fingerprint density at radius 2 is 1.41 bits per heavy atom. The average molecular weight is 526 g/mol. The highest BCUT2D eigenvalue weighted by molar-refractivity contribution is 7.90. The van der Waals surface area contributed by atoms with Gasteiger partial charge in [-0.1, -0.05) is 92.7 Å². The summed E-state index contributed by atoms with van der Waals surface area (Å²) >= 11 is 0. The van der Waals surface area contributed by atoms with Gasteiger partial charge in [0, 0.05) is 18.8 Å². The molecule has 1 amide bonds. The molecule has 0 saturated carbocycles. The monoisotopic (exact) mass is 525 g/mol. The van der Waals surface area contributed by atoms with Crippen molar-refractivity contribution in [2.75, 3.05) is 17.8 Å². The van der Waals surface area contributed by atoms with Crippen LogP contribution in [-0.2, 0) is 28.0 Å². The molecule has 0 aliphatic carbocycles. The Balaban J connectivity index is 1.74. The van der Waals surface area contributed by atoms with Crippen LogP contribution in [0.15, 0.2) is 91.0 Å². The maximum Gasteiger partial charge on any atom is 0.407 e. The first-order valence-electron chi connectivity index (χ1n) is 12.2. The minimum Gasteiger partial charge on any atom is -0.445 e. The molecule has 0 saturated heterocycles. The second kappa shape index (κ2) is 13.8. The van der Waals surface area contributed by atoms with Crippen molar-refractivity contribution in [2.24, 2.45) is 5.92 Å². The number of hydrogen-bond acceptors (Lipinski definition) is 5. The number of aliphatic hydroxyl groups is 1. The van der Waals surface area contributed by atoms with E-state index in [1.807, 2.05) is 74.5 Å². The Morgan fingerprint density at radius 1 is 0.865 bits per heavy atom. The number of para-hydroxylation sites is 1. The van der Waals surface area contributed by atoms with Gasteiger partial charge >= 0.3 is 16.3 Å². The van der Waals surface area contributed by atoms with Crippen LogP contribution in [0, 0.1) is 5.92 Å². The van der Waals surface area contributed by atoms with Crippen molar-refractivity contribution in [1.82, 2.24) is 9.62 Å². The Kier molecular flexibility index (Phi) is 10.5. The van der Waals surface area contributed by atoms with Crippen molar-refractivity contribution < 1.29 is 23.1 Å². The zero-order valence-electron chi connectivity index (χ0n) is 21.2. The third-order valence-electron chi connectivity index (χ3n) is 5.60. The molecule has 0 spiro atoms. The zero-order chi connectivity index (χ0) is 26.7. The van der Waals surface area contributed by atoms with Crippen LogP contribution in [-0.4, -0.2) is 49.2 Å². The van der Waals surface area contributed by atoms with E-state index >= 15 is 0 Å². The van der Waals surface area contributed by atoms with Gasteiger partial charge < -0.3 is 15.2 Å². The molecule has 0 unspecified atom stereocenters. The van der Waals surface area contributed by atoms with E-state index in [1.165, 1.54) is 4.31 Å². The van der Waals surface area contributed by atoms with Crippen LogP contribution in [0.1, 0.15) is 25.0 Å². The largest absolute Gasteiger partial charge is 0.445 e. The van der Waals surface area contributed by atoms with E-state index < -0.39 is 28.4 Å². The van der Waals surface area contributed by atoms with Gasteiger partial charge in [-0.25, -0.2) is 4.79 Å². The van der Waals surface area contributed by atoms with Crippen molar-refractivity contribution >= 4 is 22.0 Å². The number of nitrogens with zero attached hydrogens (tertiary/aromatic N) is 1. The lowest BCUT2D eigenvalue weighted by molar-refractivity contribution is 0.0874. The normalized spacial score (nSPS) is 13.2. The first-order valence-corrected chi connectivity index (χ1v) is 13.7. The third-order valence-corrected chi connectivity index (χ3v) is 7.07. The quantitative estimate of drug-likeness (QED) is 0.310. The second-order valence-electron chi connectivity index (χ2n) is 9.25. The van der Waals surface area contributed by atoms with Gasteiger partial charge in [-0.2, -0.15) is 12.7 Å². The molecule has 3 rings (SSSR count). The molecule has 37 heavy (non-hydrogen) atoms. The summed E-state index contributed by atoms with van der Waals surface area (Å²) in [7, 11) is -3.97. The number of carbonyl (C=O) groups excluding carboxylic acids is 1. The number of nitrogens with one attached hydrogen (secondary N) is 2. The third kappa shape index (κ3) is 9.53. The number of amides is 1. The van der Waals surface area contributed by atoms with Gasteiger partial charge in [0.25, 0.3) is 0 Å². The smallest absolute Gasteiger partial charge is 0.407 e. The van der Waals surface area contributed by atoms with E-state index in [-0.39, 0.29) is 25.6 Å². The Labute approximate surface area is 219 Å². The molecule has 0 heterocycles. The highest BCUT2D eigenvalue weighted by Crippen LogP contribution is 2.16. The number of anilines is 1. The van der Waals surface area contributed by atoms with Gasteiger partial charge in [0.1, 0.15) is 6.61 Å². The van der Waals surface area contributed by atoms with Gasteiger partial charge in [0.2, 0.25) is 0 Å². The summed E-state index contributed by atoms with van der Waals surface area (Å²) in [4.78, 5) is 12.6. The molecular formula is C28H35N3O5S. The Bertz CT molecular complexity index is 1190. The van der Waals surface area contributed by atoms with Crippen LogP contribution >= 0.6 is 0 Å². The lowest BCUT2D eigenvalue weighted by atomic mass is 10.0. The van der Waals surface area contributed by atoms with Gasteiger partial charge in [-0.3, -0.25) is 4.72 Å². The van der Waals surface area contributed by atoms with Crippen LogP contribution < -0.4 is 10.0 Å². The zero-order valence-corrected chi connectivity index (χ0v) is 22.0. The second-order valence-corrected chi connectivity index (χ2v) is 10.9. The number of hydrogen-bond donors (Lipinski definition) is 3. The number of carbonyl (C=O) groups is 1. The van der Waals surface area contributed by atoms with Crippen LogP contribution in [0.5, 0.6) is 0 Å². The molecule has 0 aliphatic heterocycles. The average Bonchev–Trinajstić information content (AvgIpc) is 2.88. The number of rotatable bonds is 13. The summed E-state index contributed by atoms with van der Waals surface area (Å²) in [5.41, 5.74) is 2.14. The SMILES string of the molecule is CC(C)CN(C[C@@H](O)[C@H](Cc1ccccc1)NC(=O)OCc1ccccc1)S(=O)(=O)Nc1ccccc1. The van der Waals surface area contributed by atoms with Gasteiger partial charge in [0.15, 0.2) is 0 Å². The van der Waals surface area contributed by atoms with E-state index in [2.05, 4.69) is 10.0 Å². The first-order chi connectivity index (χ1) is 17.7. The highest BCUT2D eigenvalue weighted by atomic mass is 32.2. The van der Waals surface area contributed by atoms with Crippen molar-refractivity contribution in [3.8, 4) is 0 Å². The van der Waals surface area contributed by atoms with E-state index in [0.29, 0.717) is 12.1 Å². The van der Waals surface area contributed by atoms with Gasteiger partial charge in [0.05, 0.1) is 12.1 Å². The van der Waals surface area contributed by atoms with Crippen molar-refractivity contribution in [3.05, 3.63) is 102 Å². The van der Waals surface area contributed by atoms with E-state index in [1.54, 1.807) is 30.3 Å². The Morgan fingerprint density at radius 3 is 1.97 bits per heavy atom. The fourth-order valence-corrected chi connectivity index (χ4v) is 5.21. The number of aliphatic hydroxyl groups excluding tert-OH is 1. The summed E-state index contributed by atoms with van der Waals surface area (Å²) < 4.78 is 35.6. The van der Waals surface area contributed by atoms with E-state index in [4.69, 9.17) is 4.74 Å². The summed E-state index contributed by atoms with van der Waals surface area (Å²) in [6, 6.07) is 26.4. The molecule has 8 nitrogen and oxygen atoms in total. The summed E-state index contributed by atoms with van der Waals surface area (Å²) in [5.74, 6) is 0.0101. The van der Waals surface area contributed by atoms with E-state index in [9.17, 15) is 18.3 Å². The molecule has 0 bridgehead atoms. The fourth-order valence-electron chi connectivity index (χ4n) is 3.80. The fraction of sp³-hybridized carbons (Fsp3) is 0.321. The standard InChI is InChI=1S/C28H35N3O5S/c1-22(2)19-31(37(34,35)30-25-16-10-5-11-17-25)20-27(32)26(18-23-12-6-3-7-13-23)29-28(33)36-21-24-14-8-4-9-15-24/h3-17,22,26-27,30,32H,18-21H2,1-2H3,(H,29,33)/t26-,27+/m0/s1. The predicted molar refractivity (Wildman–Crippen MR) is 145 cm³/mol. The van der Waals surface area contributed by atoms with E-state index in [0.717, 1.165) is 11.1 Å². The molecule has 2 atom stereocenters. The molecule has 198 valence electrons. The van der Waals surface area contributed by atoms with Crippen molar-refractivity contribution in [3.63, 3.8) is 0 Å². The maximum absolute atomic E-state index is 13.2. The minimum absolute atomic E-state index is 0.0101. The summed E-state index contributed by atoms with van der Waals surface area (Å²) in [6.45, 7) is 3.86. The van der Waals surface area contributed by atoms with Crippen LogP contribution in [0.2, 0.25) is 0 Å². The number of ether oxygens (including phenoxy) is 1. The highest BCUT2D eigenvalue weighted by Gasteiger charge is 2.30. The maximum atomic E-state index is 13.2. The van der Waals surface area contributed by atoms with Gasteiger partial charge in [-0.05, 0) is 35.6 Å². The molecule has 3 aromatic carbocycles. The molecule has 0 fully saturated rings. The lowest BCUT2D eigenvalue weighted by Crippen LogP contribution is -2.52. The minimum atomic E-state index is -3.97. The molecule has 0 aromatic heterocycles. The lowest BCUT2D eigenvalue weighted by Gasteiger charge is -2.30. The first kappa shape index (κ1) is 28.2. The van der Waals surface area contributed by atoms with Crippen molar-refractivity contribution in [2.45, 2.75) is 39.0 Å². The Hall–Kier alpha value is -3.40. The number of benzene rings is 3. The topological polar surface area (TPSA) is 108 Å².